The minimum Gasteiger partial charge on any atom is -0.366 e. The van der Waals surface area contributed by atoms with Crippen LogP contribution in [0, 0.1) is 5.82 Å². The number of hydrogen-bond acceptors (Lipinski definition) is 4. The van der Waals surface area contributed by atoms with Gasteiger partial charge in [-0.2, -0.15) is 0 Å². The Morgan fingerprint density at radius 3 is 2.62 bits per heavy atom. The van der Waals surface area contributed by atoms with Crippen molar-refractivity contribution in [3.63, 3.8) is 0 Å². The Balaban J connectivity index is 1.54. The van der Waals surface area contributed by atoms with Crippen LogP contribution in [0.3, 0.4) is 0 Å². The summed E-state index contributed by atoms with van der Waals surface area (Å²) in [4.78, 5) is 9.09. The van der Waals surface area contributed by atoms with E-state index in [-0.39, 0.29) is 17.0 Å². The van der Waals surface area contributed by atoms with Gasteiger partial charge in [-0.25, -0.2) is 4.39 Å². The minimum absolute atomic E-state index is 0.00942. The Labute approximate surface area is 145 Å². The molecule has 1 aromatic heterocycles. The molecule has 5 heteroatoms. The van der Waals surface area contributed by atoms with Crippen LogP contribution in [0.1, 0.15) is 39.3 Å². The maximum Gasteiger partial charge on any atom is 0.144 e. The standard InChI is InChI=1S/C19H30FN3O/c1-4-22-14-18(2,3)24-19(15-22)8-12-23(13-9-19)11-7-17-16(20)6-5-10-21-17/h5-6,10H,4,7-9,11-15H2,1-3H3. The van der Waals surface area contributed by atoms with Crippen molar-refractivity contribution >= 4 is 0 Å². The lowest BCUT2D eigenvalue weighted by molar-refractivity contribution is -0.212. The summed E-state index contributed by atoms with van der Waals surface area (Å²) in [6, 6.07) is 3.13. The number of hydrogen-bond donors (Lipinski definition) is 0. The van der Waals surface area contributed by atoms with E-state index < -0.39 is 0 Å². The highest BCUT2D eigenvalue weighted by atomic mass is 19.1. The third-order valence-electron chi connectivity index (χ3n) is 5.32. The van der Waals surface area contributed by atoms with Crippen LogP contribution in [0.2, 0.25) is 0 Å². The average molecular weight is 335 g/mol. The SMILES string of the molecule is CCN1CC(C)(C)OC2(CCN(CCc3ncccc3F)CC2)C1. The second-order valence-electron chi connectivity index (χ2n) is 7.87. The predicted octanol–water partition coefficient (Wildman–Crippen LogP) is 2.73. The van der Waals surface area contributed by atoms with E-state index >= 15 is 0 Å². The molecule has 1 spiro atoms. The summed E-state index contributed by atoms with van der Waals surface area (Å²) >= 11 is 0. The van der Waals surface area contributed by atoms with Crippen molar-refractivity contribution < 1.29 is 9.13 Å². The van der Waals surface area contributed by atoms with Crippen LogP contribution in [0.15, 0.2) is 18.3 Å². The minimum atomic E-state index is -0.193. The fourth-order valence-corrected chi connectivity index (χ4v) is 4.19. The van der Waals surface area contributed by atoms with Gasteiger partial charge in [0.1, 0.15) is 5.82 Å². The molecule has 0 unspecified atom stereocenters. The number of morpholine rings is 1. The van der Waals surface area contributed by atoms with Gasteiger partial charge >= 0.3 is 0 Å². The zero-order valence-corrected chi connectivity index (χ0v) is 15.2. The van der Waals surface area contributed by atoms with Gasteiger partial charge in [-0.1, -0.05) is 6.92 Å². The van der Waals surface area contributed by atoms with E-state index in [9.17, 15) is 4.39 Å². The molecule has 1 aromatic rings. The van der Waals surface area contributed by atoms with Gasteiger partial charge < -0.3 is 9.64 Å². The van der Waals surface area contributed by atoms with Crippen molar-refractivity contribution in [2.24, 2.45) is 0 Å². The number of likely N-dealkylation sites (N-methyl/N-ethyl adjacent to an activating group) is 1. The van der Waals surface area contributed by atoms with Crippen molar-refractivity contribution in [3.8, 4) is 0 Å². The number of ether oxygens (including phenoxy) is 1. The zero-order valence-electron chi connectivity index (χ0n) is 15.2. The lowest BCUT2D eigenvalue weighted by Gasteiger charge is -2.53. The number of pyridine rings is 1. The quantitative estimate of drug-likeness (QED) is 0.846. The van der Waals surface area contributed by atoms with Gasteiger partial charge in [0.25, 0.3) is 0 Å². The molecule has 0 saturated carbocycles. The summed E-state index contributed by atoms with van der Waals surface area (Å²) in [6.07, 6.45) is 4.45. The number of rotatable bonds is 4. The monoisotopic (exact) mass is 335 g/mol. The van der Waals surface area contributed by atoms with Crippen LogP contribution in [0.25, 0.3) is 0 Å². The summed E-state index contributed by atoms with van der Waals surface area (Å²) in [5.74, 6) is -0.193. The van der Waals surface area contributed by atoms with Gasteiger partial charge in [0.15, 0.2) is 0 Å². The third-order valence-corrected chi connectivity index (χ3v) is 5.32. The van der Waals surface area contributed by atoms with Crippen molar-refractivity contribution in [1.82, 2.24) is 14.8 Å². The van der Waals surface area contributed by atoms with Gasteiger partial charge in [0.2, 0.25) is 0 Å². The van der Waals surface area contributed by atoms with Crippen LogP contribution in [-0.4, -0.2) is 65.3 Å². The van der Waals surface area contributed by atoms with Gasteiger partial charge in [0, 0.05) is 45.3 Å². The predicted molar refractivity (Wildman–Crippen MR) is 93.6 cm³/mol. The van der Waals surface area contributed by atoms with Crippen LogP contribution in [-0.2, 0) is 11.2 Å². The number of halogens is 1. The van der Waals surface area contributed by atoms with E-state index in [2.05, 4.69) is 35.6 Å². The molecule has 0 amide bonds. The molecule has 2 fully saturated rings. The maximum absolute atomic E-state index is 13.7. The molecular formula is C19H30FN3O. The Hall–Kier alpha value is -1.04. The maximum atomic E-state index is 13.7. The third kappa shape index (κ3) is 4.13. The van der Waals surface area contributed by atoms with E-state index in [1.807, 2.05) is 0 Å². The summed E-state index contributed by atoms with van der Waals surface area (Å²) in [5, 5.41) is 0. The largest absolute Gasteiger partial charge is 0.366 e. The topological polar surface area (TPSA) is 28.6 Å². The van der Waals surface area contributed by atoms with E-state index in [0.717, 1.165) is 52.1 Å². The lowest BCUT2D eigenvalue weighted by Crippen LogP contribution is -2.62. The first-order chi connectivity index (χ1) is 11.4. The highest BCUT2D eigenvalue weighted by molar-refractivity contribution is 5.07. The van der Waals surface area contributed by atoms with Crippen molar-refractivity contribution in [1.29, 1.82) is 0 Å². The molecule has 0 bridgehead atoms. The normalized spacial score (nSPS) is 24.3. The first kappa shape index (κ1) is 17.8. The van der Waals surface area contributed by atoms with Crippen LogP contribution >= 0.6 is 0 Å². The Bertz CT molecular complexity index is 555. The van der Waals surface area contributed by atoms with E-state index in [1.165, 1.54) is 6.07 Å². The van der Waals surface area contributed by atoms with Gasteiger partial charge in [-0.15, -0.1) is 0 Å². The summed E-state index contributed by atoms with van der Waals surface area (Å²) in [6.45, 7) is 12.7. The van der Waals surface area contributed by atoms with E-state index in [4.69, 9.17) is 4.74 Å². The van der Waals surface area contributed by atoms with Crippen molar-refractivity contribution in [3.05, 3.63) is 29.8 Å². The molecule has 0 aromatic carbocycles. The number of nitrogens with zero attached hydrogens (tertiary/aromatic N) is 3. The lowest BCUT2D eigenvalue weighted by atomic mass is 9.86. The van der Waals surface area contributed by atoms with Crippen molar-refractivity contribution in [2.45, 2.75) is 51.2 Å². The smallest absolute Gasteiger partial charge is 0.144 e. The van der Waals surface area contributed by atoms with Crippen molar-refractivity contribution in [2.75, 3.05) is 39.3 Å². The molecule has 0 radical (unpaired) electrons. The van der Waals surface area contributed by atoms with E-state index in [0.29, 0.717) is 12.1 Å². The molecular weight excluding hydrogens is 305 g/mol. The second kappa shape index (κ2) is 7.06. The molecule has 3 rings (SSSR count). The highest BCUT2D eigenvalue weighted by Crippen LogP contribution is 2.36. The van der Waals surface area contributed by atoms with E-state index in [1.54, 1.807) is 12.3 Å². The number of piperidine rings is 1. The number of likely N-dealkylation sites (tertiary alicyclic amines) is 1. The zero-order chi connectivity index (χ0) is 17.2. The van der Waals surface area contributed by atoms with Crippen LogP contribution in [0.4, 0.5) is 4.39 Å². The average Bonchev–Trinajstić information content (AvgIpc) is 2.54. The highest BCUT2D eigenvalue weighted by Gasteiger charge is 2.45. The molecule has 3 heterocycles. The molecule has 4 nitrogen and oxygen atoms in total. The Morgan fingerprint density at radius 2 is 1.96 bits per heavy atom. The fourth-order valence-electron chi connectivity index (χ4n) is 4.19. The molecule has 2 aliphatic rings. The Morgan fingerprint density at radius 1 is 1.21 bits per heavy atom. The molecule has 2 aliphatic heterocycles. The molecule has 0 atom stereocenters. The molecule has 24 heavy (non-hydrogen) atoms. The summed E-state index contributed by atoms with van der Waals surface area (Å²) in [7, 11) is 0. The van der Waals surface area contributed by atoms with Gasteiger partial charge in [-0.3, -0.25) is 9.88 Å². The van der Waals surface area contributed by atoms with Gasteiger partial charge in [-0.05, 0) is 45.4 Å². The molecule has 0 aliphatic carbocycles. The molecule has 0 N–H and O–H groups in total. The molecule has 2 saturated heterocycles. The fraction of sp³-hybridized carbons (Fsp3) is 0.737. The van der Waals surface area contributed by atoms with Crippen LogP contribution in [0.5, 0.6) is 0 Å². The Kier molecular flexibility index (Phi) is 5.23. The molecule has 134 valence electrons. The second-order valence-corrected chi connectivity index (χ2v) is 7.87. The summed E-state index contributed by atoms with van der Waals surface area (Å²) in [5.41, 5.74) is 0.489. The van der Waals surface area contributed by atoms with Crippen LogP contribution < -0.4 is 0 Å². The van der Waals surface area contributed by atoms with Gasteiger partial charge in [0.05, 0.1) is 16.9 Å². The first-order valence-electron chi connectivity index (χ1n) is 9.16. The first-order valence-corrected chi connectivity index (χ1v) is 9.16. The number of aromatic nitrogens is 1. The summed E-state index contributed by atoms with van der Waals surface area (Å²) < 4.78 is 20.2.